The van der Waals surface area contributed by atoms with Gasteiger partial charge < -0.3 is 10.5 Å². The highest BCUT2D eigenvalue weighted by Crippen LogP contribution is 2.29. The van der Waals surface area contributed by atoms with Crippen LogP contribution in [0.15, 0.2) is 46.9 Å². The summed E-state index contributed by atoms with van der Waals surface area (Å²) < 4.78 is 19.5. The summed E-state index contributed by atoms with van der Waals surface area (Å²) in [6, 6.07) is 11.9. The van der Waals surface area contributed by atoms with Crippen molar-refractivity contribution in [3.8, 4) is 5.75 Å². The minimum atomic E-state index is -0.333. The van der Waals surface area contributed by atoms with Gasteiger partial charge in [-0.2, -0.15) is 0 Å². The van der Waals surface area contributed by atoms with Crippen LogP contribution < -0.4 is 10.5 Å². The molecule has 0 fully saturated rings. The van der Waals surface area contributed by atoms with Gasteiger partial charge in [-0.1, -0.05) is 34.1 Å². The maximum absolute atomic E-state index is 13.1. The molecule has 2 aromatic rings. The smallest absolute Gasteiger partial charge is 0.124 e. The molecule has 0 amide bonds. The standard InChI is InChI=1S/C16H17BrFNO/c1-10(2)20-13-5-3-4-11(8-13)16(19)14-7-6-12(18)9-15(14)17/h3-10,16H,19H2,1-2H3. The number of rotatable bonds is 4. The van der Waals surface area contributed by atoms with Crippen molar-refractivity contribution in [1.82, 2.24) is 0 Å². The van der Waals surface area contributed by atoms with Gasteiger partial charge in [0.1, 0.15) is 11.6 Å². The molecule has 4 heteroatoms. The van der Waals surface area contributed by atoms with Gasteiger partial charge in [0, 0.05) is 4.47 Å². The minimum absolute atomic E-state index is 0.110. The second-order valence-corrected chi connectivity index (χ2v) is 5.74. The molecule has 0 spiro atoms. The molecular weight excluding hydrogens is 321 g/mol. The molecule has 0 bridgehead atoms. The van der Waals surface area contributed by atoms with Crippen molar-refractivity contribution in [1.29, 1.82) is 0 Å². The summed E-state index contributed by atoms with van der Waals surface area (Å²) >= 11 is 3.35. The van der Waals surface area contributed by atoms with Crippen LogP contribution in [-0.2, 0) is 0 Å². The summed E-state index contributed by atoms with van der Waals surface area (Å²) in [4.78, 5) is 0. The summed E-state index contributed by atoms with van der Waals surface area (Å²) in [6.07, 6.45) is 0.110. The molecule has 2 nitrogen and oxygen atoms in total. The van der Waals surface area contributed by atoms with Crippen LogP contribution in [0.3, 0.4) is 0 Å². The molecule has 2 aromatic carbocycles. The predicted molar refractivity (Wildman–Crippen MR) is 82.3 cm³/mol. The molecule has 0 heterocycles. The van der Waals surface area contributed by atoms with Gasteiger partial charge in [-0.25, -0.2) is 4.39 Å². The molecule has 0 saturated carbocycles. The van der Waals surface area contributed by atoms with Crippen LogP contribution in [-0.4, -0.2) is 6.10 Å². The van der Waals surface area contributed by atoms with E-state index in [0.29, 0.717) is 4.47 Å². The average Bonchev–Trinajstić information content (AvgIpc) is 2.37. The van der Waals surface area contributed by atoms with Crippen LogP contribution in [0.2, 0.25) is 0 Å². The summed E-state index contributed by atoms with van der Waals surface area (Å²) in [5.41, 5.74) is 8.03. The highest BCUT2D eigenvalue weighted by atomic mass is 79.9. The first kappa shape index (κ1) is 15.0. The van der Waals surface area contributed by atoms with Crippen LogP contribution >= 0.6 is 15.9 Å². The van der Waals surface area contributed by atoms with Crippen LogP contribution in [0.1, 0.15) is 31.0 Å². The first-order chi connectivity index (χ1) is 9.47. The minimum Gasteiger partial charge on any atom is -0.491 e. The van der Waals surface area contributed by atoms with Gasteiger partial charge >= 0.3 is 0 Å². The summed E-state index contributed by atoms with van der Waals surface area (Å²) in [6.45, 7) is 3.95. The zero-order valence-corrected chi connectivity index (χ0v) is 13.0. The van der Waals surface area contributed by atoms with E-state index in [1.807, 2.05) is 38.1 Å². The molecule has 0 aliphatic carbocycles. The second kappa shape index (κ2) is 6.37. The second-order valence-electron chi connectivity index (χ2n) is 4.88. The zero-order valence-electron chi connectivity index (χ0n) is 11.4. The molecule has 2 rings (SSSR count). The Hall–Kier alpha value is -1.39. The van der Waals surface area contributed by atoms with E-state index in [9.17, 15) is 4.39 Å². The Kier molecular flexibility index (Phi) is 4.78. The third-order valence-electron chi connectivity index (χ3n) is 2.89. The first-order valence-corrected chi connectivity index (χ1v) is 7.24. The largest absolute Gasteiger partial charge is 0.491 e. The lowest BCUT2D eigenvalue weighted by atomic mass is 9.99. The van der Waals surface area contributed by atoms with E-state index in [4.69, 9.17) is 10.5 Å². The number of benzene rings is 2. The van der Waals surface area contributed by atoms with Crippen molar-refractivity contribution >= 4 is 15.9 Å². The Bertz CT molecular complexity index is 601. The number of halogens is 2. The monoisotopic (exact) mass is 337 g/mol. The molecule has 20 heavy (non-hydrogen) atoms. The van der Waals surface area contributed by atoms with Gasteiger partial charge in [-0.3, -0.25) is 0 Å². The fourth-order valence-electron chi connectivity index (χ4n) is 1.99. The van der Waals surface area contributed by atoms with Gasteiger partial charge in [0.15, 0.2) is 0 Å². The molecule has 0 aliphatic rings. The van der Waals surface area contributed by atoms with Gasteiger partial charge in [0.05, 0.1) is 12.1 Å². The van der Waals surface area contributed by atoms with Crippen LogP contribution in [0.4, 0.5) is 4.39 Å². The maximum atomic E-state index is 13.1. The highest BCUT2D eigenvalue weighted by Gasteiger charge is 2.13. The Morgan fingerprint density at radius 1 is 1.15 bits per heavy atom. The third-order valence-corrected chi connectivity index (χ3v) is 3.57. The Labute approximate surface area is 126 Å². The highest BCUT2D eigenvalue weighted by molar-refractivity contribution is 9.10. The molecule has 0 radical (unpaired) electrons. The number of hydrogen-bond acceptors (Lipinski definition) is 2. The van der Waals surface area contributed by atoms with Crippen molar-refractivity contribution in [2.75, 3.05) is 0 Å². The lowest BCUT2D eigenvalue weighted by molar-refractivity contribution is 0.242. The average molecular weight is 338 g/mol. The molecule has 1 atom stereocenters. The fraction of sp³-hybridized carbons (Fsp3) is 0.250. The zero-order chi connectivity index (χ0) is 14.7. The fourth-order valence-corrected chi connectivity index (χ4v) is 2.58. The molecule has 106 valence electrons. The van der Waals surface area contributed by atoms with Gasteiger partial charge in [-0.05, 0) is 49.2 Å². The van der Waals surface area contributed by atoms with E-state index in [-0.39, 0.29) is 18.0 Å². The third kappa shape index (κ3) is 3.58. The van der Waals surface area contributed by atoms with Crippen LogP contribution in [0.25, 0.3) is 0 Å². The molecule has 2 N–H and O–H groups in total. The van der Waals surface area contributed by atoms with Crippen molar-refractivity contribution in [2.45, 2.75) is 26.0 Å². The topological polar surface area (TPSA) is 35.2 Å². The van der Waals surface area contributed by atoms with E-state index in [1.165, 1.54) is 12.1 Å². The van der Waals surface area contributed by atoms with Crippen LogP contribution in [0, 0.1) is 5.82 Å². The van der Waals surface area contributed by atoms with Gasteiger partial charge in [0.2, 0.25) is 0 Å². The molecule has 1 unspecified atom stereocenters. The van der Waals surface area contributed by atoms with E-state index >= 15 is 0 Å². The van der Waals surface area contributed by atoms with Gasteiger partial charge in [-0.15, -0.1) is 0 Å². The Morgan fingerprint density at radius 2 is 1.90 bits per heavy atom. The SMILES string of the molecule is CC(C)Oc1cccc(C(N)c2ccc(F)cc2Br)c1. The van der Waals surface area contributed by atoms with Gasteiger partial charge in [0.25, 0.3) is 0 Å². The number of nitrogens with two attached hydrogens (primary N) is 1. The van der Waals surface area contributed by atoms with E-state index in [2.05, 4.69) is 15.9 Å². The summed E-state index contributed by atoms with van der Waals surface area (Å²) in [5, 5.41) is 0. The molecule has 0 saturated heterocycles. The first-order valence-electron chi connectivity index (χ1n) is 6.44. The van der Waals surface area contributed by atoms with Crippen molar-refractivity contribution in [3.05, 3.63) is 63.9 Å². The quantitative estimate of drug-likeness (QED) is 0.895. The normalized spacial score (nSPS) is 12.5. The van der Waals surface area contributed by atoms with E-state index < -0.39 is 0 Å². The van der Waals surface area contributed by atoms with Crippen molar-refractivity contribution < 1.29 is 9.13 Å². The summed E-state index contributed by atoms with van der Waals surface area (Å²) in [5.74, 6) is 0.496. The van der Waals surface area contributed by atoms with E-state index in [1.54, 1.807) is 6.07 Å². The summed E-state index contributed by atoms with van der Waals surface area (Å²) in [7, 11) is 0. The lowest BCUT2D eigenvalue weighted by Crippen LogP contribution is -2.13. The maximum Gasteiger partial charge on any atom is 0.124 e. The molecule has 0 aromatic heterocycles. The Morgan fingerprint density at radius 3 is 2.55 bits per heavy atom. The molecular formula is C16H17BrFNO. The predicted octanol–water partition coefficient (Wildman–Crippen LogP) is 4.42. The lowest BCUT2D eigenvalue weighted by Gasteiger charge is -2.16. The van der Waals surface area contributed by atoms with Crippen LogP contribution in [0.5, 0.6) is 5.75 Å². The number of hydrogen-bond donors (Lipinski definition) is 1. The van der Waals surface area contributed by atoms with Crippen molar-refractivity contribution in [2.24, 2.45) is 5.73 Å². The number of ether oxygens (including phenoxy) is 1. The van der Waals surface area contributed by atoms with E-state index in [0.717, 1.165) is 16.9 Å². The molecule has 0 aliphatic heterocycles. The Balaban J connectivity index is 2.30. The van der Waals surface area contributed by atoms with Crippen molar-refractivity contribution in [3.63, 3.8) is 0 Å².